The summed E-state index contributed by atoms with van der Waals surface area (Å²) in [6, 6.07) is 0.335. The molecule has 0 aliphatic carbocycles. The maximum absolute atomic E-state index is 11.7. The molecule has 90 valence electrons. The molecule has 2 N–H and O–H groups in total. The molecule has 5 nitrogen and oxygen atoms in total. The molecule has 1 aliphatic rings. The fraction of sp³-hybridized carbons (Fsp3) is 1.00. The van der Waals surface area contributed by atoms with Crippen LogP contribution >= 0.6 is 7.60 Å². The van der Waals surface area contributed by atoms with Crippen LogP contribution in [0, 0.1) is 0 Å². The van der Waals surface area contributed by atoms with Crippen molar-refractivity contribution in [1.82, 2.24) is 5.32 Å². The largest absolute Gasteiger partial charge is 0.392 e. The van der Waals surface area contributed by atoms with E-state index in [0.29, 0.717) is 12.5 Å². The lowest BCUT2D eigenvalue weighted by molar-refractivity contribution is 0.161. The first kappa shape index (κ1) is 13.1. The molecule has 15 heavy (non-hydrogen) atoms. The zero-order valence-electron chi connectivity index (χ0n) is 9.31. The van der Waals surface area contributed by atoms with E-state index in [9.17, 15) is 9.67 Å². The van der Waals surface area contributed by atoms with Crippen LogP contribution in [0.25, 0.3) is 0 Å². The average Bonchev–Trinajstić information content (AvgIpc) is 2.70. The average molecular weight is 237 g/mol. The van der Waals surface area contributed by atoms with Crippen LogP contribution in [0.2, 0.25) is 0 Å². The maximum atomic E-state index is 11.7. The quantitative estimate of drug-likeness (QED) is 0.674. The third-order valence-corrected chi connectivity index (χ3v) is 4.69. The van der Waals surface area contributed by atoms with Crippen LogP contribution in [0.3, 0.4) is 0 Å². The molecule has 0 aromatic rings. The van der Waals surface area contributed by atoms with E-state index in [1.807, 2.05) is 0 Å². The van der Waals surface area contributed by atoms with Gasteiger partial charge in [0.25, 0.3) is 0 Å². The first-order valence-corrected chi connectivity index (χ1v) is 6.94. The molecule has 0 saturated carbocycles. The molecule has 0 aromatic carbocycles. The van der Waals surface area contributed by atoms with E-state index in [-0.39, 0.29) is 6.16 Å². The lowest BCUT2D eigenvalue weighted by atomic mass is 10.1. The Morgan fingerprint density at radius 2 is 2.20 bits per heavy atom. The van der Waals surface area contributed by atoms with Crippen molar-refractivity contribution in [3.8, 4) is 0 Å². The number of nitrogens with one attached hydrogen (secondary N) is 1. The predicted molar refractivity (Wildman–Crippen MR) is 58.1 cm³/mol. The Balaban J connectivity index is 2.33. The first-order valence-electron chi connectivity index (χ1n) is 5.21. The number of hydrogen-bond acceptors (Lipinski definition) is 5. The second-order valence-electron chi connectivity index (χ2n) is 3.84. The fourth-order valence-corrected chi connectivity index (χ4v) is 2.96. The Kier molecular flexibility index (Phi) is 5.23. The summed E-state index contributed by atoms with van der Waals surface area (Å²) in [5.74, 6) is 0. The van der Waals surface area contributed by atoms with Crippen LogP contribution in [0.1, 0.15) is 19.3 Å². The second kappa shape index (κ2) is 5.97. The molecule has 1 saturated heterocycles. The highest BCUT2D eigenvalue weighted by Crippen LogP contribution is 2.47. The highest BCUT2D eigenvalue weighted by Gasteiger charge is 2.28. The molecule has 6 heteroatoms. The summed E-state index contributed by atoms with van der Waals surface area (Å²) in [5.41, 5.74) is 0. The van der Waals surface area contributed by atoms with Crippen LogP contribution in [0.15, 0.2) is 0 Å². The van der Waals surface area contributed by atoms with E-state index >= 15 is 0 Å². The third kappa shape index (κ3) is 4.21. The minimum absolute atomic E-state index is 0.0676. The minimum Gasteiger partial charge on any atom is -0.392 e. The Morgan fingerprint density at radius 1 is 1.53 bits per heavy atom. The number of rotatable bonds is 6. The third-order valence-electron chi connectivity index (χ3n) is 2.71. The summed E-state index contributed by atoms with van der Waals surface area (Å²) in [4.78, 5) is 0. The Bertz CT molecular complexity index is 222. The summed E-state index contributed by atoms with van der Waals surface area (Å²) in [7, 11) is -0.396. The smallest absolute Gasteiger partial charge is 0.332 e. The number of aliphatic hydroxyl groups excluding tert-OH is 1. The molecule has 0 aromatic heterocycles. The van der Waals surface area contributed by atoms with Crippen molar-refractivity contribution in [2.45, 2.75) is 31.4 Å². The molecule has 0 spiro atoms. The molecule has 1 rings (SSSR count). The normalized spacial score (nSPS) is 24.3. The van der Waals surface area contributed by atoms with Gasteiger partial charge in [-0.2, -0.15) is 0 Å². The Hall–Kier alpha value is 0.0700. The molecule has 0 bridgehead atoms. The van der Waals surface area contributed by atoms with Crippen LogP contribution in [0.4, 0.5) is 0 Å². The van der Waals surface area contributed by atoms with Gasteiger partial charge in [0.1, 0.15) is 0 Å². The zero-order chi connectivity index (χ0) is 11.3. The minimum atomic E-state index is -3.07. The van der Waals surface area contributed by atoms with Crippen molar-refractivity contribution < 1.29 is 18.7 Å². The van der Waals surface area contributed by atoms with Gasteiger partial charge in [-0.3, -0.25) is 4.57 Å². The summed E-state index contributed by atoms with van der Waals surface area (Å²) in [5, 5.41) is 13.0. The van der Waals surface area contributed by atoms with E-state index in [1.165, 1.54) is 14.2 Å². The Labute approximate surface area is 90.7 Å². The van der Waals surface area contributed by atoms with Gasteiger partial charge >= 0.3 is 7.60 Å². The van der Waals surface area contributed by atoms with Gasteiger partial charge in [-0.1, -0.05) is 0 Å². The van der Waals surface area contributed by atoms with Gasteiger partial charge in [-0.25, -0.2) is 0 Å². The topological polar surface area (TPSA) is 67.8 Å². The molecule has 1 fully saturated rings. The standard InChI is InChI=1S/C9H20NO4P/c1-13-15(12,14-2)7-9(11)6-8-4-3-5-10-8/h8-11H,3-7H2,1-2H3. The van der Waals surface area contributed by atoms with Gasteiger partial charge in [0.15, 0.2) is 0 Å². The maximum Gasteiger partial charge on any atom is 0.332 e. The van der Waals surface area contributed by atoms with Crippen molar-refractivity contribution in [1.29, 1.82) is 0 Å². The van der Waals surface area contributed by atoms with E-state index in [4.69, 9.17) is 9.05 Å². The van der Waals surface area contributed by atoms with Gasteiger partial charge in [-0.15, -0.1) is 0 Å². The fourth-order valence-electron chi connectivity index (χ4n) is 1.84. The van der Waals surface area contributed by atoms with Crippen molar-refractivity contribution in [3.63, 3.8) is 0 Å². The van der Waals surface area contributed by atoms with Gasteiger partial charge in [0, 0.05) is 20.3 Å². The van der Waals surface area contributed by atoms with Crippen molar-refractivity contribution in [2.24, 2.45) is 0 Å². The lowest BCUT2D eigenvalue weighted by Gasteiger charge is -2.19. The molecule has 2 unspecified atom stereocenters. The molecule has 1 aliphatic heterocycles. The first-order chi connectivity index (χ1) is 7.09. The second-order valence-corrected chi connectivity index (χ2v) is 6.16. The Morgan fingerprint density at radius 3 is 2.67 bits per heavy atom. The number of aliphatic hydroxyl groups is 1. The van der Waals surface area contributed by atoms with E-state index in [0.717, 1.165) is 19.4 Å². The highest BCUT2D eigenvalue weighted by atomic mass is 31.2. The van der Waals surface area contributed by atoms with Crippen molar-refractivity contribution in [2.75, 3.05) is 26.9 Å². The lowest BCUT2D eigenvalue weighted by Crippen LogP contribution is -2.28. The highest BCUT2D eigenvalue weighted by molar-refractivity contribution is 7.53. The summed E-state index contributed by atoms with van der Waals surface area (Å²) in [6.45, 7) is 1.00. The monoisotopic (exact) mass is 237 g/mol. The van der Waals surface area contributed by atoms with Gasteiger partial charge in [0.2, 0.25) is 0 Å². The van der Waals surface area contributed by atoms with E-state index in [2.05, 4.69) is 5.32 Å². The van der Waals surface area contributed by atoms with Crippen molar-refractivity contribution in [3.05, 3.63) is 0 Å². The van der Waals surface area contributed by atoms with E-state index < -0.39 is 13.7 Å². The summed E-state index contributed by atoms with van der Waals surface area (Å²) in [6.07, 6.45) is 2.26. The zero-order valence-corrected chi connectivity index (χ0v) is 10.2. The van der Waals surface area contributed by atoms with Gasteiger partial charge in [0.05, 0.1) is 12.3 Å². The van der Waals surface area contributed by atoms with Gasteiger partial charge < -0.3 is 19.5 Å². The molecule has 0 amide bonds. The van der Waals surface area contributed by atoms with Crippen LogP contribution in [-0.2, 0) is 13.6 Å². The summed E-state index contributed by atoms with van der Waals surface area (Å²) >= 11 is 0. The van der Waals surface area contributed by atoms with Crippen LogP contribution in [-0.4, -0.2) is 44.2 Å². The number of hydrogen-bond donors (Lipinski definition) is 2. The molecule has 2 atom stereocenters. The van der Waals surface area contributed by atoms with Crippen molar-refractivity contribution >= 4 is 7.60 Å². The van der Waals surface area contributed by atoms with Crippen LogP contribution < -0.4 is 5.32 Å². The molecular formula is C9H20NO4P. The SMILES string of the molecule is COP(=O)(CC(O)CC1CCCN1)OC. The molecule has 1 heterocycles. The molecule has 0 radical (unpaired) electrons. The predicted octanol–water partition coefficient (Wildman–Crippen LogP) is 0.975. The van der Waals surface area contributed by atoms with E-state index in [1.54, 1.807) is 0 Å². The van der Waals surface area contributed by atoms with Gasteiger partial charge in [-0.05, 0) is 25.8 Å². The van der Waals surface area contributed by atoms with Crippen LogP contribution in [0.5, 0.6) is 0 Å². The molecular weight excluding hydrogens is 217 g/mol. The summed E-state index contributed by atoms with van der Waals surface area (Å²) < 4.78 is 21.3.